The van der Waals surface area contributed by atoms with E-state index in [2.05, 4.69) is 0 Å². The standard InChI is InChI=1S/C19H18F3NO/c1-23(12-13-6-7-16(21)11-17(13)22)18(24)19(8-3-9-19)14-4-2-5-15(20)10-14/h2,4-7,10-11H,3,8-9,12H2,1H3. The number of hydrogen-bond donors (Lipinski definition) is 0. The SMILES string of the molecule is CN(Cc1ccc(F)cc1F)C(=O)C1(c2cccc(F)c2)CCC1. The third kappa shape index (κ3) is 2.90. The quantitative estimate of drug-likeness (QED) is 0.822. The molecule has 5 heteroatoms. The van der Waals surface area contributed by atoms with E-state index in [0.717, 1.165) is 12.5 Å². The molecular weight excluding hydrogens is 315 g/mol. The third-order valence-electron chi connectivity index (χ3n) is 4.76. The van der Waals surface area contributed by atoms with Crippen molar-refractivity contribution in [1.82, 2.24) is 4.90 Å². The first kappa shape index (κ1) is 16.6. The molecule has 0 N–H and O–H groups in total. The highest BCUT2D eigenvalue weighted by molar-refractivity contribution is 5.89. The molecule has 0 saturated heterocycles. The molecule has 24 heavy (non-hydrogen) atoms. The maximum atomic E-state index is 13.8. The Hall–Kier alpha value is -2.30. The minimum Gasteiger partial charge on any atom is -0.341 e. The summed E-state index contributed by atoms with van der Waals surface area (Å²) in [4.78, 5) is 14.4. The average Bonchev–Trinajstić information content (AvgIpc) is 2.49. The normalized spacial score (nSPS) is 15.7. The molecule has 0 unspecified atom stereocenters. The van der Waals surface area contributed by atoms with Gasteiger partial charge in [-0.3, -0.25) is 4.79 Å². The van der Waals surface area contributed by atoms with Crippen LogP contribution in [0.2, 0.25) is 0 Å². The topological polar surface area (TPSA) is 20.3 Å². The summed E-state index contributed by atoms with van der Waals surface area (Å²) in [5.74, 6) is -1.87. The molecule has 2 nitrogen and oxygen atoms in total. The van der Waals surface area contributed by atoms with Crippen LogP contribution in [0.25, 0.3) is 0 Å². The van der Waals surface area contributed by atoms with Crippen molar-refractivity contribution in [2.24, 2.45) is 0 Å². The van der Waals surface area contributed by atoms with Crippen LogP contribution in [0, 0.1) is 17.5 Å². The van der Waals surface area contributed by atoms with E-state index >= 15 is 0 Å². The maximum absolute atomic E-state index is 13.8. The van der Waals surface area contributed by atoms with Gasteiger partial charge in [0.05, 0.1) is 5.41 Å². The molecule has 2 aromatic rings. The number of benzene rings is 2. The zero-order valence-electron chi connectivity index (χ0n) is 13.4. The van der Waals surface area contributed by atoms with Gasteiger partial charge in [-0.2, -0.15) is 0 Å². The Morgan fingerprint density at radius 2 is 1.79 bits per heavy atom. The number of carbonyl (C=O) groups is 1. The molecule has 1 aliphatic carbocycles. The lowest BCUT2D eigenvalue weighted by molar-refractivity contribution is -0.140. The van der Waals surface area contributed by atoms with Crippen LogP contribution in [0.1, 0.15) is 30.4 Å². The van der Waals surface area contributed by atoms with Gasteiger partial charge in [0.25, 0.3) is 0 Å². The average molecular weight is 333 g/mol. The highest BCUT2D eigenvalue weighted by atomic mass is 19.1. The summed E-state index contributed by atoms with van der Waals surface area (Å²) in [6, 6.07) is 9.40. The van der Waals surface area contributed by atoms with E-state index in [0.29, 0.717) is 18.4 Å². The van der Waals surface area contributed by atoms with Gasteiger partial charge < -0.3 is 4.90 Å². The molecule has 0 heterocycles. The second kappa shape index (κ2) is 6.30. The van der Waals surface area contributed by atoms with E-state index in [4.69, 9.17) is 0 Å². The van der Waals surface area contributed by atoms with Gasteiger partial charge in [0, 0.05) is 25.2 Å². The molecule has 0 aliphatic heterocycles. The van der Waals surface area contributed by atoms with Crippen LogP contribution in [0.3, 0.4) is 0 Å². The van der Waals surface area contributed by atoms with Gasteiger partial charge in [-0.25, -0.2) is 13.2 Å². The Bertz CT molecular complexity index is 771. The van der Waals surface area contributed by atoms with Gasteiger partial charge in [-0.15, -0.1) is 0 Å². The Labute approximate surface area is 138 Å². The summed E-state index contributed by atoms with van der Waals surface area (Å²) in [5.41, 5.74) is 0.166. The van der Waals surface area contributed by atoms with Crippen LogP contribution >= 0.6 is 0 Å². The molecule has 2 aromatic carbocycles. The first-order valence-electron chi connectivity index (χ1n) is 7.88. The van der Waals surface area contributed by atoms with Crippen molar-refractivity contribution in [3.8, 4) is 0 Å². The lowest BCUT2D eigenvalue weighted by atomic mass is 9.63. The highest BCUT2D eigenvalue weighted by Crippen LogP contribution is 2.45. The molecule has 126 valence electrons. The molecule has 1 saturated carbocycles. The number of nitrogens with zero attached hydrogens (tertiary/aromatic N) is 1. The number of likely N-dealkylation sites (N-methyl/N-ethyl adjacent to an activating group) is 1. The molecule has 1 aliphatic rings. The summed E-state index contributed by atoms with van der Waals surface area (Å²) < 4.78 is 40.4. The third-order valence-corrected chi connectivity index (χ3v) is 4.76. The van der Waals surface area contributed by atoms with Crippen LogP contribution in [-0.2, 0) is 16.8 Å². The number of rotatable bonds is 4. The minimum absolute atomic E-state index is 0.0437. The van der Waals surface area contributed by atoms with Crippen LogP contribution in [-0.4, -0.2) is 17.9 Å². The van der Waals surface area contributed by atoms with E-state index in [9.17, 15) is 18.0 Å². The number of hydrogen-bond acceptors (Lipinski definition) is 1. The van der Waals surface area contributed by atoms with Crippen LogP contribution in [0.5, 0.6) is 0 Å². The second-order valence-corrected chi connectivity index (χ2v) is 6.34. The van der Waals surface area contributed by atoms with Crippen molar-refractivity contribution in [2.75, 3.05) is 7.05 Å². The van der Waals surface area contributed by atoms with E-state index in [1.807, 2.05) is 0 Å². The van der Waals surface area contributed by atoms with E-state index in [1.165, 1.54) is 29.2 Å². The molecule has 0 atom stereocenters. The smallest absolute Gasteiger partial charge is 0.233 e. The summed E-state index contributed by atoms with van der Waals surface area (Å²) >= 11 is 0. The van der Waals surface area contributed by atoms with Crippen molar-refractivity contribution in [3.63, 3.8) is 0 Å². The second-order valence-electron chi connectivity index (χ2n) is 6.34. The van der Waals surface area contributed by atoms with Crippen molar-refractivity contribution in [2.45, 2.75) is 31.2 Å². The van der Waals surface area contributed by atoms with Crippen LogP contribution < -0.4 is 0 Å². The monoisotopic (exact) mass is 333 g/mol. The fraction of sp³-hybridized carbons (Fsp3) is 0.316. The highest BCUT2D eigenvalue weighted by Gasteiger charge is 2.47. The lowest BCUT2D eigenvalue weighted by Crippen LogP contribution is -2.49. The van der Waals surface area contributed by atoms with Crippen LogP contribution in [0.4, 0.5) is 13.2 Å². The summed E-state index contributed by atoms with van der Waals surface area (Å²) in [7, 11) is 1.59. The zero-order chi connectivity index (χ0) is 17.3. The van der Waals surface area contributed by atoms with Crippen molar-refractivity contribution >= 4 is 5.91 Å². The molecule has 3 rings (SSSR count). The van der Waals surface area contributed by atoms with Crippen molar-refractivity contribution in [3.05, 3.63) is 71.0 Å². The summed E-state index contributed by atoms with van der Waals surface area (Å²) in [6.07, 6.45) is 2.18. The number of carbonyl (C=O) groups excluding carboxylic acids is 1. The fourth-order valence-electron chi connectivity index (χ4n) is 3.29. The lowest BCUT2D eigenvalue weighted by Gasteiger charge is -2.43. The van der Waals surface area contributed by atoms with Gasteiger partial charge in [0.2, 0.25) is 5.91 Å². The summed E-state index contributed by atoms with van der Waals surface area (Å²) in [5, 5.41) is 0. The number of halogens is 3. The first-order chi connectivity index (χ1) is 11.4. The van der Waals surface area contributed by atoms with Crippen molar-refractivity contribution in [1.29, 1.82) is 0 Å². The van der Waals surface area contributed by atoms with Gasteiger partial charge in [-0.05, 0) is 36.6 Å². The molecule has 0 aromatic heterocycles. The Balaban J connectivity index is 1.83. The molecule has 1 fully saturated rings. The molecular formula is C19H18F3NO. The first-order valence-corrected chi connectivity index (χ1v) is 7.88. The zero-order valence-corrected chi connectivity index (χ0v) is 13.4. The van der Waals surface area contributed by atoms with Crippen LogP contribution in [0.15, 0.2) is 42.5 Å². The van der Waals surface area contributed by atoms with E-state index in [-0.39, 0.29) is 23.8 Å². The largest absolute Gasteiger partial charge is 0.341 e. The van der Waals surface area contributed by atoms with Gasteiger partial charge in [-0.1, -0.05) is 24.6 Å². The molecule has 1 amide bonds. The predicted molar refractivity (Wildman–Crippen MR) is 84.8 cm³/mol. The van der Waals surface area contributed by atoms with E-state index in [1.54, 1.807) is 19.2 Å². The Morgan fingerprint density at radius 3 is 2.38 bits per heavy atom. The maximum Gasteiger partial charge on any atom is 0.233 e. The Morgan fingerprint density at radius 1 is 1.08 bits per heavy atom. The van der Waals surface area contributed by atoms with Crippen molar-refractivity contribution < 1.29 is 18.0 Å². The van der Waals surface area contributed by atoms with Gasteiger partial charge in [0.1, 0.15) is 17.5 Å². The van der Waals surface area contributed by atoms with E-state index < -0.39 is 17.0 Å². The molecule has 0 spiro atoms. The predicted octanol–water partition coefficient (Wildman–Crippen LogP) is 4.18. The minimum atomic E-state index is -0.743. The number of amides is 1. The molecule has 0 radical (unpaired) electrons. The Kier molecular flexibility index (Phi) is 4.35. The fourth-order valence-corrected chi connectivity index (χ4v) is 3.29. The van der Waals surface area contributed by atoms with Gasteiger partial charge in [0.15, 0.2) is 0 Å². The molecule has 0 bridgehead atoms. The summed E-state index contributed by atoms with van der Waals surface area (Å²) in [6.45, 7) is 0.0437. The van der Waals surface area contributed by atoms with Gasteiger partial charge >= 0.3 is 0 Å².